The minimum Gasteiger partial charge on any atom is -0.480 e. The highest BCUT2D eigenvalue weighted by molar-refractivity contribution is 5.84. The number of ether oxygens (including phenoxy) is 1. The highest BCUT2D eigenvalue weighted by Crippen LogP contribution is 2.34. The number of hydrogen-bond acceptors (Lipinski definition) is 3. The van der Waals surface area contributed by atoms with E-state index in [1.165, 1.54) is 16.0 Å². The molecule has 1 aromatic rings. The Morgan fingerprint density at radius 1 is 1.32 bits per heavy atom. The van der Waals surface area contributed by atoms with Crippen molar-refractivity contribution in [1.29, 1.82) is 0 Å². The maximum atomic E-state index is 12.6. The van der Waals surface area contributed by atoms with Crippen LogP contribution in [0.4, 0.5) is 0 Å². The first-order chi connectivity index (χ1) is 10.7. The van der Waals surface area contributed by atoms with Crippen LogP contribution in [0.15, 0.2) is 24.3 Å². The summed E-state index contributed by atoms with van der Waals surface area (Å²) in [5.74, 6) is -0.857. The van der Waals surface area contributed by atoms with Crippen molar-refractivity contribution in [2.75, 3.05) is 19.8 Å². The fourth-order valence-electron chi connectivity index (χ4n) is 3.50. The van der Waals surface area contributed by atoms with E-state index in [0.29, 0.717) is 19.6 Å². The van der Waals surface area contributed by atoms with E-state index in [1.807, 2.05) is 12.1 Å². The van der Waals surface area contributed by atoms with Crippen molar-refractivity contribution < 1.29 is 19.4 Å². The molecule has 3 rings (SSSR count). The number of hydrogen-bond donors (Lipinski definition) is 1. The number of carbonyl (C=O) groups excluding carboxylic acids is 1. The Bertz CT molecular complexity index is 572. The fourth-order valence-corrected chi connectivity index (χ4v) is 3.50. The third kappa shape index (κ3) is 2.99. The summed E-state index contributed by atoms with van der Waals surface area (Å²) in [7, 11) is 0. The number of carboxylic acid groups (broad SMARTS) is 1. The number of carbonyl (C=O) groups is 2. The van der Waals surface area contributed by atoms with Crippen LogP contribution in [0.5, 0.6) is 0 Å². The lowest BCUT2D eigenvalue weighted by molar-refractivity contribution is -0.158. The van der Waals surface area contributed by atoms with Crippen molar-refractivity contribution in [3.05, 3.63) is 35.4 Å². The van der Waals surface area contributed by atoms with E-state index in [4.69, 9.17) is 4.74 Å². The fraction of sp³-hybridized carbons (Fsp3) is 0.529. The molecule has 0 bridgehead atoms. The molecule has 0 unspecified atom stereocenters. The average molecular weight is 303 g/mol. The Kier molecular flexibility index (Phi) is 4.43. The minimum absolute atomic E-state index is 0.0718. The largest absolute Gasteiger partial charge is 0.480 e. The smallest absolute Gasteiger partial charge is 0.328 e. The number of aliphatic carboxylic acids is 1. The molecule has 118 valence electrons. The van der Waals surface area contributed by atoms with Crippen LogP contribution in [0.25, 0.3) is 0 Å². The summed E-state index contributed by atoms with van der Waals surface area (Å²) in [5, 5.41) is 9.25. The number of amides is 1. The van der Waals surface area contributed by atoms with Crippen LogP contribution in [0, 0.1) is 0 Å². The molecule has 1 heterocycles. The number of rotatable bonds is 3. The van der Waals surface area contributed by atoms with Gasteiger partial charge in [0, 0.05) is 13.0 Å². The number of carboxylic acids is 1. The molecule has 1 aromatic carbocycles. The first-order valence-electron chi connectivity index (χ1n) is 7.84. The van der Waals surface area contributed by atoms with Crippen molar-refractivity contribution in [2.45, 2.75) is 37.6 Å². The molecule has 0 aromatic heterocycles. The van der Waals surface area contributed by atoms with Gasteiger partial charge in [0.15, 0.2) is 6.04 Å². The monoisotopic (exact) mass is 303 g/mol. The summed E-state index contributed by atoms with van der Waals surface area (Å²) < 4.78 is 5.20. The van der Waals surface area contributed by atoms with Gasteiger partial charge in [-0.1, -0.05) is 24.3 Å². The zero-order valence-electron chi connectivity index (χ0n) is 12.5. The topological polar surface area (TPSA) is 66.8 Å². The first kappa shape index (κ1) is 15.0. The number of morpholine rings is 1. The number of benzene rings is 1. The van der Waals surface area contributed by atoms with Crippen molar-refractivity contribution >= 4 is 11.9 Å². The number of aryl methyl sites for hydroxylation is 1. The van der Waals surface area contributed by atoms with Crippen LogP contribution >= 0.6 is 0 Å². The lowest BCUT2D eigenvalue weighted by atomic mass is 9.81. The van der Waals surface area contributed by atoms with Gasteiger partial charge < -0.3 is 14.7 Å². The molecule has 22 heavy (non-hydrogen) atoms. The molecule has 0 spiro atoms. The third-order valence-electron chi connectivity index (χ3n) is 4.65. The van der Waals surface area contributed by atoms with E-state index in [9.17, 15) is 14.7 Å². The van der Waals surface area contributed by atoms with Crippen molar-refractivity contribution in [3.63, 3.8) is 0 Å². The zero-order valence-corrected chi connectivity index (χ0v) is 12.5. The molecule has 5 nitrogen and oxygen atoms in total. The quantitative estimate of drug-likeness (QED) is 0.925. The van der Waals surface area contributed by atoms with Gasteiger partial charge in [-0.2, -0.15) is 0 Å². The van der Waals surface area contributed by atoms with Gasteiger partial charge >= 0.3 is 5.97 Å². The molecule has 2 aliphatic rings. The van der Waals surface area contributed by atoms with Gasteiger partial charge in [-0.05, 0) is 36.3 Å². The summed E-state index contributed by atoms with van der Waals surface area (Å²) in [6.45, 7) is 0.864. The van der Waals surface area contributed by atoms with E-state index in [1.54, 1.807) is 0 Å². The standard InChI is InChI=1S/C17H21NO4/c19-16(18-8-9-22-11-15(18)17(20)21)10-13-6-3-5-12-4-1-2-7-14(12)13/h1-2,4,7,13,15H,3,5-6,8-11H2,(H,20,21)/t13-,15+/m0/s1. The van der Waals surface area contributed by atoms with Crippen LogP contribution in [0.3, 0.4) is 0 Å². The normalized spacial score (nSPS) is 24.6. The molecule has 0 saturated carbocycles. The van der Waals surface area contributed by atoms with Gasteiger partial charge in [0.2, 0.25) is 5.91 Å². The second-order valence-electron chi connectivity index (χ2n) is 6.01. The van der Waals surface area contributed by atoms with E-state index >= 15 is 0 Å². The van der Waals surface area contributed by atoms with E-state index in [2.05, 4.69) is 12.1 Å². The highest BCUT2D eigenvalue weighted by atomic mass is 16.5. The summed E-state index contributed by atoms with van der Waals surface area (Å²) in [6.07, 6.45) is 3.53. The van der Waals surface area contributed by atoms with Gasteiger partial charge in [-0.25, -0.2) is 4.79 Å². The van der Waals surface area contributed by atoms with Crippen LogP contribution in [-0.2, 0) is 20.7 Å². The molecule has 1 saturated heterocycles. The molecular formula is C17H21NO4. The van der Waals surface area contributed by atoms with Crippen LogP contribution in [-0.4, -0.2) is 47.7 Å². The molecule has 1 N–H and O–H groups in total. The van der Waals surface area contributed by atoms with Crippen LogP contribution < -0.4 is 0 Å². The average Bonchev–Trinajstić information content (AvgIpc) is 2.55. The van der Waals surface area contributed by atoms with Gasteiger partial charge in [-0.15, -0.1) is 0 Å². The van der Waals surface area contributed by atoms with Crippen molar-refractivity contribution in [2.24, 2.45) is 0 Å². The summed E-state index contributed by atoms with van der Waals surface area (Å²) in [6, 6.07) is 7.42. The van der Waals surface area contributed by atoms with Crippen molar-refractivity contribution in [3.8, 4) is 0 Å². The second kappa shape index (κ2) is 6.48. The Hall–Kier alpha value is -1.88. The molecule has 1 aliphatic heterocycles. The second-order valence-corrected chi connectivity index (χ2v) is 6.01. The van der Waals surface area contributed by atoms with E-state index < -0.39 is 12.0 Å². The Labute approximate surface area is 129 Å². The zero-order chi connectivity index (χ0) is 15.5. The summed E-state index contributed by atoms with van der Waals surface area (Å²) in [5.41, 5.74) is 2.57. The van der Waals surface area contributed by atoms with E-state index in [-0.39, 0.29) is 18.4 Å². The van der Waals surface area contributed by atoms with Gasteiger partial charge in [0.25, 0.3) is 0 Å². The number of nitrogens with zero attached hydrogens (tertiary/aromatic N) is 1. The maximum Gasteiger partial charge on any atom is 0.328 e. The Balaban J connectivity index is 1.73. The Morgan fingerprint density at radius 2 is 2.14 bits per heavy atom. The lowest BCUT2D eigenvalue weighted by Gasteiger charge is -2.34. The SMILES string of the molecule is O=C(O)[C@H]1COCCN1C(=O)C[C@@H]1CCCc2ccccc21. The summed E-state index contributed by atoms with van der Waals surface area (Å²) >= 11 is 0. The molecule has 1 fully saturated rings. The lowest BCUT2D eigenvalue weighted by Crippen LogP contribution is -2.52. The predicted octanol–water partition coefficient (Wildman–Crippen LogP) is 1.81. The molecule has 5 heteroatoms. The van der Waals surface area contributed by atoms with E-state index in [0.717, 1.165) is 19.3 Å². The van der Waals surface area contributed by atoms with Crippen LogP contribution in [0.2, 0.25) is 0 Å². The number of fused-ring (bicyclic) bond motifs is 1. The van der Waals surface area contributed by atoms with Gasteiger partial charge in [-0.3, -0.25) is 4.79 Å². The van der Waals surface area contributed by atoms with Gasteiger partial charge in [0.05, 0.1) is 13.2 Å². The molecule has 0 radical (unpaired) electrons. The molecular weight excluding hydrogens is 282 g/mol. The maximum absolute atomic E-state index is 12.6. The van der Waals surface area contributed by atoms with Crippen LogP contribution in [0.1, 0.15) is 36.3 Å². The third-order valence-corrected chi connectivity index (χ3v) is 4.65. The molecule has 2 atom stereocenters. The Morgan fingerprint density at radius 3 is 2.95 bits per heavy atom. The minimum atomic E-state index is -0.989. The molecule has 1 aliphatic carbocycles. The summed E-state index contributed by atoms with van der Waals surface area (Å²) in [4.78, 5) is 25.4. The molecule has 1 amide bonds. The van der Waals surface area contributed by atoms with Crippen molar-refractivity contribution in [1.82, 2.24) is 4.90 Å². The first-order valence-corrected chi connectivity index (χ1v) is 7.84. The highest BCUT2D eigenvalue weighted by Gasteiger charge is 2.34. The van der Waals surface area contributed by atoms with Gasteiger partial charge in [0.1, 0.15) is 0 Å². The predicted molar refractivity (Wildman–Crippen MR) is 80.7 cm³/mol.